The van der Waals surface area contributed by atoms with Gasteiger partial charge in [-0.25, -0.2) is 0 Å². The van der Waals surface area contributed by atoms with Crippen molar-refractivity contribution in [3.05, 3.63) is 188 Å². The van der Waals surface area contributed by atoms with Crippen LogP contribution in [0.15, 0.2) is 182 Å². The Bertz CT molecular complexity index is 2440. The van der Waals surface area contributed by atoms with Crippen LogP contribution in [-0.4, -0.2) is 0 Å². The van der Waals surface area contributed by atoms with Crippen molar-refractivity contribution in [1.82, 2.24) is 0 Å². The third kappa shape index (κ3) is 5.79. The van der Waals surface area contributed by atoms with Gasteiger partial charge in [0, 0.05) is 16.8 Å². The summed E-state index contributed by atoms with van der Waals surface area (Å²) in [7, 11) is 0. The van der Waals surface area contributed by atoms with Gasteiger partial charge >= 0.3 is 0 Å². The first-order chi connectivity index (χ1) is 25.3. The molecule has 8 aromatic rings. The lowest BCUT2D eigenvalue weighted by molar-refractivity contribution is 0.445. The molecule has 9 rings (SSSR count). The molecule has 0 amide bonds. The minimum absolute atomic E-state index is 0.604. The molecular weight excluding hydrogens is 615 g/mol. The number of nitrogens with zero attached hydrogens (tertiary/aromatic N) is 1. The maximum atomic E-state index is 2.48. The molecule has 1 aliphatic carbocycles. The summed E-state index contributed by atoms with van der Waals surface area (Å²) in [6, 6.07) is 66.9. The second-order valence-corrected chi connectivity index (χ2v) is 13.9. The predicted molar refractivity (Wildman–Crippen MR) is 218 cm³/mol. The van der Waals surface area contributed by atoms with Crippen LogP contribution in [0.4, 0.5) is 17.1 Å². The highest BCUT2D eigenvalue weighted by atomic mass is 15.1. The normalized spacial score (nSPS) is 13.4. The number of fused-ring (bicyclic) bond motifs is 2. The van der Waals surface area contributed by atoms with Gasteiger partial charge in [-0.05, 0) is 92.4 Å². The van der Waals surface area contributed by atoms with Gasteiger partial charge in [-0.3, -0.25) is 0 Å². The van der Waals surface area contributed by atoms with E-state index in [4.69, 9.17) is 0 Å². The zero-order valence-corrected chi connectivity index (χ0v) is 28.9. The second kappa shape index (κ2) is 13.8. The van der Waals surface area contributed by atoms with Crippen molar-refractivity contribution < 1.29 is 0 Å². The summed E-state index contributed by atoms with van der Waals surface area (Å²) in [5.74, 6) is 0.604. The van der Waals surface area contributed by atoms with E-state index in [1.54, 1.807) is 0 Å². The van der Waals surface area contributed by atoms with Crippen molar-refractivity contribution in [2.45, 2.75) is 38.0 Å². The Hall–Kier alpha value is -5.92. The van der Waals surface area contributed by atoms with Crippen LogP contribution in [-0.2, 0) is 0 Å². The van der Waals surface area contributed by atoms with Gasteiger partial charge in [0.2, 0.25) is 0 Å². The van der Waals surface area contributed by atoms with Crippen molar-refractivity contribution in [1.29, 1.82) is 0 Å². The molecule has 1 saturated carbocycles. The second-order valence-electron chi connectivity index (χ2n) is 13.9. The Kier molecular flexibility index (Phi) is 8.39. The molecule has 0 aromatic heterocycles. The predicted octanol–water partition coefficient (Wildman–Crippen LogP) is 14.5. The average Bonchev–Trinajstić information content (AvgIpc) is 3.21. The first-order valence-electron chi connectivity index (χ1n) is 18.5. The standard InChI is InChI=1S/C50H41N/c1-4-18-36(19-5-1)41-30-14-22-38-24-16-32-45(49(38)41)43-28-10-12-34-47(43)51(40-26-8-3-9-27-40)48-35-13-11-29-44(48)46-33-17-25-39-23-15-31-42(50(39)46)37-20-6-2-7-21-37/h1,3-5,8-19,22-35,37H,2,6-7,20-21H2. The van der Waals surface area contributed by atoms with Gasteiger partial charge in [0.1, 0.15) is 0 Å². The summed E-state index contributed by atoms with van der Waals surface area (Å²) in [6.07, 6.45) is 6.53. The summed E-state index contributed by atoms with van der Waals surface area (Å²) in [4.78, 5) is 2.48. The van der Waals surface area contributed by atoms with E-state index in [9.17, 15) is 0 Å². The van der Waals surface area contributed by atoms with Crippen LogP contribution in [0.2, 0.25) is 0 Å². The van der Waals surface area contributed by atoms with E-state index in [0.717, 1.165) is 11.4 Å². The molecular formula is C50H41N. The molecule has 0 aliphatic heterocycles. The molecule has 0 bridgehead atoms. The molecule has 0 heterocycles. The van der Waals surface area contributed by atoms with Gasteiger partial charge in [-0.15, -0.1) is 0 Å². The molecule has 1 nitrogen and oxygen atoms in total. The molecule has 1 fully saturated rings. The van der Waals surface area contributed by atoms with E-state index in [-0.39, 0.29) is 0 Å². The maximum absolute atomic E-state index is 2.48. The fourth-order valence-corrected chi connectivity index (χ4v) is 8.55. The molecule has 246 valence electrons. The van der Waals surface area contributed by atoms with Gasteiger partial charge in [-0.2, -0.15) is 0 Å². The minimum Gasteiger partial charge on any atom is -0.309 e. The zero-order valence-electron chi connectivity index (χ0n) is 28.9. The number of para-hydroxylation sites is 3. The van der Waals surface area contributed by atoms with Gasteiger partial charge < -0.3 is 4.90 Å². The van der Waals surface area contributed by atoms with E-state index in [2.05, 4.69) is 187 Å². The summed E-state index contributed by atoms with van der Waals surface area (Å²) in [5.41, 5.74) is 12.4. The lowest BCUT2D eigenvalue weighted by atomic mass is 9.80. The van der Waals surface area contributed by atoms with Gasteiger partial charge in [0.05, 0.1) is 11.4 Å². The topological polar surface area (TPSA) is 3.24 Å². The quantitative estimate of drug-likeness (QED) is 0.165. The average molecular weight is 656 g/mol. The Morgan fingerprint density at radius 1 is 0.353 bits per heavy atom. The minimum atomic E-state index is 0.604. The lowest BCUT2D eigenvalue weighted by Crippen LogP contribution is -2.12. The van der Waals surface area contributed by atoms with Crippen LogP contribution in [0.25, 0.3) is 54.9 Å². The first kappa shape index (κ1) is 31.1. The van der Waals surface area contributed by atoms with Crippen molar-refractivity contribution in [3.63, 3.8) is 0 Å². The third-order valence-corrected chi connectivity index (χ3v) is 10.9. The molecule has 0 unspecified atom stereocenters. The van der Waals surface area contributed by atoms with E-state index < -0.39 is 0 Å². The zero-order chi connectivity index (χ0) is 34.0. The van der Waals surface area contributed by atoms with Gasteiger partial charge in [-0.1, -0.05) is 177 Å². The van der Waals surface area contributed by atoms with E-state index in [1.807, 2.05) is 0 Å². The Morgan fingerprint density at radius 3 is 1.45 bits per heavy atom. The highest BCUT2D eigenvalue weighted by Crippen LogP contribution is 2.48. The van der Waals surface area contributed by atoms with Crippen molar-refractivity contribution >= 4 is 38.6 Å². The fourth-order valence-electron chi connectivity index (χ4n) is 8.55. The van der Waals surface area contributed by atoms with E-state index in [0.29, 0.717) is 5.92 Å². The maximum Gasteiger partial charge on any atom is 0.0540 e. The fraction of sp³-hybridized carbons (Fsp3) is 0.120. The molecule has 0 atom stereocenters. The van der Waals surface area contributed by atoms with Crippen molar-refractivity contribution in [2.75, 3.05) is 4.90 Å². The number of hydrogen-bond donors (Lipinski definition) is 0. The SMILES string of the molecule is c1ccc(-c2cccc3cccc(-c4ccccc4N(c4ccccc4)c4ccccc4-c4cccc5cccc(C6CCCCC6)c45)c23)cc1. The van der Waals surface area contributed by atoms with Crippen molar-refractivity contribution in [2.24, 2.45) is 0 Å². The Labute approximate surface area is 301 Å². The van der Waals surface area contributed by atoms with E-state index >= 15 is 0 Å². The lowest BCUT2D eigenvalue weighted by Gasteiger charge is -2.31. The molecule has 0 spiro atoms. The monoisotopic (exact) mass is 655 g/mol. The highest BCUT2D eigenvalue weighted by Gasteiger charge is 2.24. The van der Waals surface area contributed by atoms with Crippen LogP contribution < -0.4 is 4.90 Å². The number of hydrogen-bond acceptors (Lipinski definition) is 1. The van der Waals surface area contributed by atoms with Crippen LogP contribution in [0.1, 0.15) is 43.6 Å². The molecule has 1 aliphatic rings. The number of anilines is 3. The summed E-state index contributed by atoms with van der Waals surface area (Å²) in [6.45, 7) is 0. The highest BCUT2D eigenvalue weighted by molar-refractivity contribution is 6.10. The van der Waals surface area contributed by atoms with E-state index in [1.165, 1.54) is 98.3 Å². The van der Waals surface area contributed by atoms with Gasteiger partial charge in [0.15, 0.2) is 0 Å². The molecule has 0 radical (unpaired) electrons. The molecule has 1 heteroatoms. The number of rotatable bonds is 7. The van der Waals surface area contributed by atoms with Crippen LogP contribution in [0.5, 0.6) is 0 Å². The Balaban J connectivity index is 1.29. The molecule has 0 saturated heterocycles. The van der Waals surface area contributed by atoms with Crippen LogP contribution in [0.3, 0.4) is 0 Å². The summed E-state index contributed by atoms with van der Waals surface area (Å²) < 4.78 is 0. The summed E-state index contributed by atoms with van der Waals surface area (Å²) >= 11 is 0. The molecule has 51 heavy (non-hydrogen) atoms. The van der Waals surface area contributed by atoms with Crippen molar-refractivity contribution in [3.8, 4) is 33.4 Å². The Morgan fingerprint density at radius 2 is 0.824 bits per heavy atom. The largest absolute Gasteiger partial charge is 0.309 e. The van der Waals surface area contributed by atoms with Crippen LogP contribution >= 0.6 is 0 Å². The smallest absolute Gasteiger partial charge is 0.0540 e. The molecule has 0 N–H and O–H groups in total. The first-order valence-corrected chi connectivity index (χ1v) is 18.5. The number of benzene rings is 8. The molecule has 8 aromatic carbocycles. The van der Waals surface area contributed by atoms with Crippen LogP contribution in [0, 0.1) is 0 Å². The summed E-state index contributed by atoms with van der Waals surface area (Å²) in [5, 5.41) is 5.23. The van der Waals surface area contributed by atoms with Gasteiger partial charge in [0.25, 0.3) is 0 Å². The third-order valence-electron chi connectivity index (χ3n) is 10.9.